The van der Waals surface area contributed by atoms with Crippen molar-refractivity contribution in [1.82, 2.24) is 20.1 Å². The van der Waals surface area contributed by atoms with Crippen molar-refractivity contribution in [2.24, 2.45) is 44.9 Å². The summed E-state index contributed by atoms with van der Waals surface area (Å²) in [5, 5.41) is 16.9. The number of aliphatic hydroxyl groups is 1. The molecule has 0 aromatic carbocycles. The average Bonchev–Trinajstić information content (AvgIpc) is 3.42. The molecule has 12 heteroatoms. The number of amides is 1. The Bertz CT molecular complexity index is 993. The van der Waals surface area contributed by atoms with E-state index >= 15 is 0 Å². The molecule has 1 amide bonds. The van der Waals surface area contributed by atoms with Crippen molar-refractivity contribution in [3.05, 3.63) is 24.0 Å². The van der Waals surface area contributed by atoms with Crippen LogP contribution in [0.1, 0.15) is 16.7 Å². The Balaban J connectivity index is 1.60. The molecule has 2 fully saturated rings. The van der Waals surface area contributed by atoms with Crippen LogP contribution in [0.15, 0.2) is 28.3 Å². The summed E-state index contributed by atoms with van der Waals surface area (Å²) in [6.07, 6.45) is 0.125. The summed E-state index contributed by atoms with van der Waals surface area (Å²) in [5.74, 6) is -0.441. The second-order valence-corrected chi connectivity index (χ2v) is 8.91. The van der Waals surface area contributed by atoms with E-state index in [1.807, 2.05) is 16.8 Å². The Kier molecular flexibility index (Phi) is 3.09. The molecule has 9 N–H and O–H groups in total. The minimum absolute atomic E-state index is 0.101. The van der Waals surface area contributed by atoms with Gasteiger partial charge in [-0.1, -0.05) is 0 Å². The topological polar surface area (TPSA) is 172 Å². The summed E-state index contributed by atoms with van der Waals surface area (Å²) in [4.78, 5) is 24.0. The first kappa shape index (κ1) is 17.4. The van der Waals surface area contributed by atoms with E-state index < -0.39 is 29.0 Å². The average molecular weight is 420 g/mol. The number of nitrogens with zero attached hydrogens (tertiary/aromatic N) is 4. The van der Waals surface area contributed by atoms with Gasteiger partial charge in [0.1, 0.15) is 11.2 Å². The monoisotopic (exact) mass is 419 g/mol. The number of carbonyl (C=O) groups is 1. The van der Waals surface area contributed by atoms with Crippen molar-refractivity contribution in [1.29, 1.82) is 0 Å². The number of fused-ring (bicyclic) bond motifs is 4. The van der Waals surface area contributed by atoms with Gasteiger partial charge in [-0.15, -0.1) is 11.6 Å². The third-order valence-electron chi connectivity index (χ3n) is 7.43. The standard InChI is InChI=1S/C17H22ClN9O2/c18-10-6(4-19)7-5-27-11(28)8-2-1-3-26(8)12-17(27,25-14(20)22-12)9(7)16(10)13(29)23-15(21)24-16/h1-3,6-7,9-10,12-13,29H,4-5,19H2,(H3,20,22,25)(H3,21,23,24)/t6-,7?,9?,10?,12?,13+,16?,17?/m1/s1. The molecule has 0 radical (unpaired) electrons. The molecule has 1 aliphatic carbocycles. The molecule has 29 heavy (non-hydrogen) atoms. The number of nitrogens with two attached hydrogens (primary N) is 3. The maximum Gasteiger partial charge on any atom is 0.272 e. The van der Waals surface area contributed by atoms with Gasteiger partial charge in [0.25, 0.3) is 5.91 Å². The van der Waals surface area contributed by atoms with Gasteiger partial charge in [0, 0.05) is 18.7 Å². The third-order valence-corrected chi connectivity index (χ3v) is 8.12. The lowest BCUT2D eigenvalue weighted by atomic mass is 9.73. The highest BCUT2D eigenvalue weighted by atomic mass is 35.5. The molecule has 1 saturated heterocycles. The third kappa shape index (κ3) is 1.68. The van der Waals surface area contributed by atoms with Gasteiger partial charge in [-0.2, -0.15) is 0 Å². The molecule has 0 bridgehead atoms. The van der Waals surface area contributed by atoms with Gasteiger partial charge in [-0.3, -0.25) is 4.79 Å². The molecule has 1 aromatic rings. The zero-order valence-electron chi connectivity index (χ0n) is 15.4. The van der Waals surface area contributed by atoms with E-state index in [0.717, 1.165) is 0 Å². The van der Waals surface area contributed by atoms with Crippen LogP contribution in [0.4, 0.5) is 0 Å². The fourth-order valence-electron chi connectivity index (χ4n) is 6.54. The number of aromatic nitrogens is 1. The highest BCUT2D eigenvalue weighted by molar-refractivity contribution is 6.22. The van der Waals surface area contributed by atoms with Gasteiger partial charge in [0.15, 0.2) is 30.0 Å². The van der Waals surface area contributed by atoms with E-state index in [1.165, 1.54) is 0 Å². The van der Waals surface area contributed by atoms with Crippen LogP contribution < -0.4 is 27.8 Å². The largest absolute Gasteiger partial charge is 0.370 e. The van der Waals surface area contributed by atoms with Crippen molar-refractivity contribution < 1.29 is 9.90 Å². The predicted molar refractivity (Wildman–Crippen MR) is 105 cm³/mol. The molecule has 1 aromatic heterocycles. The fraction of sp³-hybridized carbons (Fsp3) is 0.588. The van der Waals surface area contributed by atoms with Crippen molar-refractivity contribution in [3.8, 4) is 0 Å². The lowest BCUT2D eigenvalue weighted by Crippen LogP contribution is -2.74. The molecule has 4 aliphatic heterocycles. The van der Waals surface area contributed by atoms with E-state index in [0.29, 0.717) is 18.8 Å². The molecule has 11 nitrogen and oxygen atoms in total. The fourth-order valence-corrected chi connectivity index (χ4v) is 7.13. The van der Waals surface area contributed by atoms with Gasteiger partial charge in [-0.25, -0.2) is 9.98 Å². The summed E-state index contributed by atoms with van der Waals surface area (Å²) in [5.41, 5.74) is 16.6. The smallest absolute Gasteiger partial charge is 0.272 e. The number of carbonyl (C=O) groups excluding carboxylic acids is 1. The number of nitrogens with one attached hydrogen (secondary N) is 2. The van der Waals surface area contributed by atoms with Crippen molar-refractivity contribution >= 4 is 29.4 Å². The van der Waals surface area contributed by atoms with Crippen molar-refractivity contribution in [2.45, 2.75) is 29.0 Å². The Morgan fingerprint density at radius 3 is 2.76 bits per heavy atom. The van der Waals surface area contributed by atoms with Crippen LogP contribution in [0.3, 0.4) is 0 Å². The van der Waals surface area contributed by atoms with Gasteiger partial charge < -0.3 is 42.4 Å². The molecule has 5 heterocycles. The van der Waals surface area contributed by atoms with Crippen LogP contribution >= 0.6 is 11.6 Å². The van der Waals surface area contributed by atoms with E-state index in [4.69, 9.17) is 28.8 Å². The second kappa shape index (κ2) is 5.15. The summed E-state index contributed by atoms with van der Waals surface area (Å²) >= 11 is 6.94. The number of rotatable bonds is 1. The predicted octanol–water partition coefficient (Wildman–Crippen LogP) is -2.53. The van der Waals surface area contributed by atoms with Gasteiger partial charge in [0.2, 0.25) is 0 Å². The number of halogens is 1. The van der Waals surface area contributed by atoms with E-state index in [-0.39, 0.29) is 35.6 Å². The summed E-state index contributed by atoms with van der Waals surface area (Å²) in [7, 11) is 0. The van der Waals surface area contributed by atoms with Gasteiger partial charge in [0.05, 0.1) is 5.38 Å². The number of guanidine groups is 2. The van der Waals surface area contributed by atoms with E-state index in [1.54, 1.807) is 11.0 Å². The first-order valence-electron chi connectivity index (χ1n) is 9.60. The molecular formula is C17H22ClN9O2. The van der Waals surface area contributed by atoms with Crippen LogP contribution in [0.2, 0.25) is 0 Å². The maximum atomic E-state index is 13.4. The van der Waals surface area contributed by atoms with Crippen LogP contribution in [0.5, 0.6) is 0 Å². The Hall–Kier alpha value is -2.50. The Morgan fingerprint density at radius 2 is 2.07 bits per heavy atom. The SMILES string of the molecule is NC[C@@H]1C2CN3C(=O)c4cccn4C4N=C(N)NC43C2C2(NC(N)=N[C@H]2O)C1Cl. The van der Waals surface area contributed by atoms with Crippen molar-refractivity contribution in [3.63, 3.8) is 0 Å². The first-order chi connectivity index (χ1) is 13.9. The highest BCUT2D eigenvalue weighted by Crippen LogP contribution is 2.63. The van der Waals surface area contributed by atoms with E-state index in [9.17, 15) is 9.90 Å². The molecule has 6 rings (SSSR count). The summed E-state index contributed by atoms with van der Waals surface area (Å²) < 4.78 is 1.83. The molecule has 154 valence electrons. The minimum atomic E-state index is -1.19. The number of alkyl halides is 1. The lowest BCUT2D eigenvalue weighted by molar-refractivity contribution is -0.0269. The normalized spacial score (nSPS) is 46.6. The Morgan fingerprint density at radius 1 is 1.31 bits per heavy atom. The molecule has 5 aliphatic rings. The van der Waals surface area contributed by atoms with Crippen LogP contribution in [-0.2, 0) is 0 Å². The number of hydrogen-bond donors (Lipinski definition) is 6. The molecule has 2 spiro atoms. The Labute approximate surface area is 170 Å². The highest BCUT2D eigenvalue weighted by Gasteiger charge is 2.79. The van der Waals surface area contributed by atoms with Gasteiger partial charge >= 0.3 is 0 Å². The summed E-state index contributed by atoms with van der Waals surface area (Å²) in [6, 6.07) is 3.58. The van der Waals surface area contributed by atoms with Crippen molar-refractivity contribution in [2.75, 3.05) is 13.1 Å². The first-order valence-corrected chi connectivity index (χ1v) is 10.0. The number of aliphatic imine (C=N–C) groups is 2. The zero-order chi connectivity index (χ0) is 20.3. The quantitative estimate of drug-likeness (QED) is 0.272. The van der Waals surface area contributed by atoms with E-state index in [2.05, 4.69) is 20.6 Å². The molecule has 8 atom stereocenters. The summed E-state index contributed by atoms with van der Waals surface area (Å²) in [6.45, 7) is 0.721. The molecule has 1 saturated carbocycles. The van der Waals surface area contributed by atoms with Gasteiger partial charge in [-0.05, 0) is 30.5 Å². The second-order valence-electron chi connectivity index (χ2n) is 8.44. The lowest BCUT2D eigenvalue weighted by Gasteiger charge is -2.51. The van der Waals surface area contributed by atoms with Crippen LogP contribution in [0.25, 0.3) is 0 Å². The zero-order valence-corrected chi connectivity index (χ0v) is 16.1. The van der Waals surface area contributed by atoms with Crippen LogP contribution in [0, 0.1) is 17.8 Å². The number of hydrogen-bond acceptors (Lipinski definition) is 9. The molecule has 6 unspecified atom stereocenters. The minimum Gasteiger partial charge on any atom is -0.370 e. The molecular weight excluding hydrogens is 398 g/mol. The number of aliphatic hydroxyl groups excluding tert-OH is 1. The maximum absolute atomic E-state index is 13.4. The van der Waals surface area contributed by atoms with Crippen LogP contribution in [-0.4, -0.2) is 68.3 Å².